The van der Waals surface area contributed by atoms with Crippen LogP contribution < -0.4 is 10.2 Å². The minimum Gasteiger partial charge on any atom is -0.496 e. The highest BCUT2D eigenvalue weighted by atomic mass is 16.5. The molecule has 3 rings (SSSR count). The van der Waals surface area contributed by atoms with Crippen molar-refractivity contribution < 1.29 is 14.3 Å². The molecule has 1 N–H and O–H groups in total. The molecular weight excluding hydrogens is 330 g/mol. The van der Waals surface area contributed by atoms with Crippen LogP contribution in [-0.4, -0.2) is 36.6 Å². The number of carbonyl (C=O) groups excluding carboxylic acids is 2. The summed E-state index contributed by atoms with van der Waals surface area (Å²) in [6, 6.07) is 17.1. The van der Waals surface area contributed by atoms with Crippen LogP contribution in [0.15, 0.2) is 59.7 Å². The van der Waals surface area contributed by atoms with E-state index in [2.05, 4.69) is 10.5 Å². The highest BCUT2D eigenvalue weighted by Crippen LogP contribution is 2.20. The van der Waals surface area contributed by atoms with E-state index in [1.165, 1.54) is 6.21 Å². The lowest BCUT2D eigenvalue weighted by atomic mass is 10.1. The van der Waals surface area contributed by atoms with E-state index in [1.54, 1.807) is 12.0 Å². The first-order valence-corrected chi connectivity index (χ1v) is 8.45. The molecule has 2 amide bonds. The maximum absolute atomic E-state index is 12.3. The number of hydrogen-bond donors (Lipinski definition) is 1. The summed E-state index contributed by atoms with van der Waals surface area (Å²) in [5, 5.41) is 3.99. The first-order valence-electron chi connectivity index (χ1n) is 8.45. The number of hydrazone groups is 1. The third-order valence-corrected chi connectivity index (χ3v) is 4.32. The Morgan fingerprint density at radius 3 is 2.73 bits per heavy atom. The van der Waals surface area contributed by atoms with Crippen molar-refractivity contribution in [2.45, 2.75) is 13.0 Å². The van der Waals surface area contributed by atoms with Crippen molar-refractivity contribution in [1.29, 1.82) is 0 Å². The van der Waals surface area contributed by atoms with Crippen molar-refractivity contribution in [1.82, 2.24) is 10.3 Å². The van der Waals surface area contributed by atoms with Crippen LogP contribution in [0.1, 0.15) is 17.5 Å². The molecule has 1 heterocycles. The number of nitrogens with zero attached hydrogens (tertiary/aromatic N) is 2. The molecule has 1 atom stereocenters. The minimum absolute atomic E-state index is 0.0114. The molecule has 1 unspecified atom stereocenters. The second kappa shape index (κ2) is 8.29. The molecule has 26 heavy (non-hydrogen) atoms. The van der Waals surface area contributed by atoms with Gasteiger partial charge in [-0.15, -0.1) is 0 Å². The van der Waals surface area contributed by atoms with Crippen molar-refractivity contribution in [2.24, 2.45) is 11.0 Å². The molecule has 0 bridgehead atoms. The first kappa shape index (κ1) is 17.7. The Morgan fingerprint density at radius 1 is 1.23 bits per heavy atom. The fourth-order valence-electron chi connectivity index (χ4n) is 2.93. The number of ether oxygens (including phenoxy) is 1. The number of likely N-dealkylation sites (tertiary alicyclic amines) is 1. The lowest BCUT2D eigenvalue weighted by molar-refractivity contribution is -0.129. The average Bonchev–Trinajstić information content (AvgIpc) is 3.03. The highest BCUT2D eigenvalue weighted by molar-refractivity contribution is 5.90. The molecule has 0 saturated carbocycles. The fraction of sp³-hybridized carbons (Fsp3) is 0.250. The summed E-state index contributed by atoms with van der Waals surface area (Å²) in [4.78, 5) is 26.2. The molecule has 0 aliphatic carbocycles. The van der Waals surface area contributed by atoms with Crippen molar-refractivity contribution in [3.8, 4) is 5.75 Å². The van der Waals surface area contributed by atoms with Gasteiger partial charge in [0.05, 0.1) is 19.2 Å². The molecule has 6 heteroatoms. The van der Waals surface area contributed by atoms with E-state index >= 15 is 0 Å². The van der Waals surface area contributed by atoms with Crippen LogP contribution in [0.4, 0.5) is 0 Å². The SMILES string of the molecule is COc1ccccc1/C=N/NC(=O)C1CC(=O)N(Cc2ccccc2)C1. The van der Waals surface area contributed by atoms with Gasteiger partial charge in [-0.3, -0.25) is 9.59 Å². The van der Waals surface area contributed by atoms with E-state index < -0.39 is 0 Å². The Balaban J connectivity index is 1.55. The second-order valence-corrected chi connectivity index (χ2v) is 6.14. The highest BCUT2D eigenvalue weighted by Gasteiger charge is 2.34. The van der Waals surface area contributed by atoms with Crippen molar-refractivity contribution >= 4 is 18.0 Å². The Kier molecular flexibility index (Phi) is 5.63. The van der Waals surface area contributed by atoms with Gasteiger partial charge >= 0.3 is 0 Å². The van der Waals surface area contributed by atoms with E-state index in [9.17, 15) is 9.59 Å². The molecular formula is C20H21N3O3. The number of amides is 2. The number of carbonyl (C=O) groups is 2. The van der Waals surface area contributed by atoms with E-state index in [-0.39, 0.29) is 24.2 Å². The van der Waals surface area contributed by atoms with Crippen LogP contribution >= 0.6 is 0 Å². The number of nitrogens with one attached hydrogen (secondary N) is 1. The number of para-hydroxylation sites is 1. The summed E-state index contributed by atoms with van der Waals surface area (Å²) in [7, 11) is 1.58. The molecule has 6 nitrogen and oxygen atoms in total. The number of rotatable bonds is 6. The first-order chi connectivity index (χ1) is 12.7. The van der Waals surface area contributed by atoms with Gasteiger partial charge in [0.1, 0.15) is 5.75 Å². The Hall–Kier alpha value is -3.15. The van der Waals surface area contributed by atoms with Gasteiger partial charge in [0.25, 0.3) is 0 Å². The van der Waals surface area contributed by atoms with E-state index in [1.807, 2.05) is 54.6 Å². The van der Waals surface area contributed by atoms with Crippen LogP contribution in [0, 0.1) is 5.92 Å². The lowest BCUT2D eigenvalue weighted by Crippen LogP contribution is -2.30. The standard InChI is InChI=1S/C20H21N3O3/c1-26-18-10-6-5-9-16(18)12-21-22-20(25)17-11-19(24)23(14-17)13-15-7-3-2-4-8-15/h2-10,12,17H,11,13-14H2,1H3,(H,22,25)/b21-12+. The summed E-state index contributed by atoms with van der Waals surface area (Å²) in [5.74, 6) is 0.0272. The minimum atomic E-state index is -0.388. The number of benzene rings is 2. The molecule has 0 spiro atoms. The van der Waals surface area contributed by atoms with Gasteiger partial charge in [0.2, 0.25) is 11.8 Å². The number of methoxy groups -OCH3 is 1. The zero-order chi connectivity index (χ0) is 18.4. The fourth-order valence-corrected chi connectivity index (χ4v) is 2.93. The predicted molar refractivity (Wildman–Crippen MR) is 98.7 cm³/mol. The van der Waals surface area contributed by atoms with Crippen molar-refractivity contribution in [3.63, 3.8) is 0 Å². The van der Waals surface area contributed by atoms with E-state index in [4.69, 9.17) is 4.74 Å². The van der Waals surface area contributed by atoms with Crippen LogP contribution in [0.5, 0.6) is 5.75 Å². The van der Waals surface area contributed by atoms with Gasteiger partial charge in [0, 0.05) is 25.1 Å². The molecule has 2 aromatic carbocycles. The molecule has 134 valence electrons. The normalized spacial score (nSPS) is 16.9. The van der Waals surface area contributed by atoms with Crippen molar-refractivity contribution in [2.75, 3.05) is 13.7 Å². The molecule has 0 aromatic heterocycles. The lowest BCUT2D eigenvalue weighted by Gasteiger charge is -2.16. The van der Waals surface area contributed by atoms with Gasteiger partial charge < -0.3 is 9.64 Å². The Bertz CT molecular complexity index is 805. The topological polar surface area (TPSA) is 71.0 Å². The van der Waals surface area contributed by atoms with E-state index in [0.717, 1.165) is 11.1 Å². The second-order valence-electron chi connectivity index (χ2n) is 6.14. The molecule has 1 saturated heterocycles. The van der Waals surface area contributed by atoms with Gasteiger partial charge in [-0.25, -0.2) is 5.43 Å². The Labute approximate surface area is 152 Å². The molecule has 1 fully saturated rings. The molecule has 1 aliphatic heterocycles. The summed E-state index contributed by atoms with van der Waals surface area (Å²) in [5.41, 5.74) is 4.34. The van der Waals surface area contributed by atoms with Crippen LogP contribution in [-0.2, 0) is 16.1 Å². The quantitative estimate of drug-likeness (QED) is 0.641. The van der Waals surface area contributed by atoms with Crippen LogP contribution in [0.25, 0.3) is 0 Å². The molecule has 0 radical (unpaired) electrons. The van der Waals surface area contributed by atoms with E-state index in [0.29, 0.717) is 18.8 Å². The zero-order valence-corrected chi connectivity index (χ0v) is 14.6. The van der Waals surface area contributed by atoms with Gasteiger partial charge in [-0.05, 0) is 17.7 Å². The maximum atomic E-state index is 12.3. The molecule has 2 aromatic rings. The maximum Gasteiger partial charge on any atom is 0.245 e. The third-order valence-electron chi connectivity index (χ3n) is 4.32. The van der Waals surface area contributed by atoms with Crippen LogP contribution in [0.2, 0.25) is 0 Å². The third kappa shape index (κ3) is 4.27. The smallest absolute Gasteiger partial charge is 0.245 e. The van der Waals surface area contributed by atoms with Gasteiger partial charge in [0.15, 0.2) is 0 Å². The average molecular weight is 351 g/mol. The Morgan fingerprint density at radius 2 is 1.96 bits per heavy atom. The van der Waals surface area contributed by atoms with Crippen molar-refractivity contribution in [3.05, 3.63) is 65.7 Å². The number of hydrogen-bond acceptors (Lipinski definition) is 4. The van der Waals surface area contributed by atoms with Crippen LogP contribution in [0.3, 0.4) is 0 Å². The largest absolute Gasteiger partial charge is 0.496 e. The molecule has 1 aliphatic rings. The van der Waals surface area contributed by atoms with Gasteiger partial charge in [-0.1, -0.05) is 42.5 Å². The summed E-state index contributed by atoms with van der Waals surface area (Å²) >= 11 is 0. The summed E-state index contributed by atoms with van der Waals surface area (Å²) in [6.45, 7) is 0.928. The monoisotopic (exact) mass is 351 g/mol. The zero-order valence-electron chi connectivity index (χ0n) is 14.6. The summed E-state index contributed by atoms with van der Waals surface area (Å²) < 4.78 is 5.23. The van der Waals surface area contributed by atoms with Gasteiger partial charge in [-0.2, -0.15) is 5.10 Å². The summed E-state index contributed by atoms with van der Waals surface area (Å²) in [6.07, 6.45) is 1.75. The predicted octanol–water partition coefficient (Wildman–Crippen LogP) is 2.19.